The fourth-order valence-electron chi connectivity index (χ4n) is 1.66. The van der Waals surface area contributed by atoms with Crippen LogP contribution in [0.3, 0.4) is 0 Å². The van der Waals surface area contributed by atoms with E-state index in [1.165, 1.54) is 12.8 Å². The molecule has 1 unspecified atom stereocenters. The summed E-state index contributed by atoms with van der Waals surface area (Å²) in [6.07, 6.45) is 2.99. The van der Waals surface area contributed by atoms with Crippen molar-refractivity contribution in [2.45, 2.75) is 25.3 Å². The van der Waals surface area contributed by atoms with E-state index in [1.54, 1.807) is 0 Å². The van der Waals surface area contributed by atoms with Crippen molar-refractivity contribution in [3.05, 3.63) is 0 Å². The lowest BCUT2D eigenvalue weighted by Crippen LogP contribution is -2.38. The highest BCUT2D eigenvalue weighted by Crippen LogP contribution is 2.13. The van der Waals surface area contributed by atoms with Crippen molar-refractivity contribution in [2.24, 2.45) is 0 Å². The molecule has 1 saturated heterocycles. The Labute approximate surface area is 85.3 Å². The van der Waals surface area contributed by atoms with Gasteiger partial charge in [-0.05, 0) is 32.2 Å². The predicted octanol–water partition coefficient (Wildman–Crippen LogP) is 0.517. The van der Waals surface area contributed by atoms with Gasteiger partial charge in [0.1, 0.15) is 0 Å². The van der Waals surface area contributed by atoms with Crippen LogP contribution in [0.15, 0.2) is 0 Å². The summed E-state index contributed by atoms with van der Waals surface area (Å²) in [5.74, 6) is 0.752. The fourth-order valence-corrected chi connectivity index (χ4v) is 1.86. The molecule has 4 heteroatoms. The van der Waals surface area contributed by atoms with Gasteiger partial charge in [0.25, 0.3) is 0 Å². The molecule has 0 aromatic rings. The van der Waals surface area contributed by atoms with E-state index in [1.807, 2.05) is 0 Å². The van der Waals surface area contributed by atoms with Gasteiger partial charge in [-0.2, -0.15) is 12.6 Å². The zero-order chi connectivity index (χ0) is 9.68. The molecule has 0 bridgehead atoms. The van der Waals surface area contributed by atoms with Crippen molar-refractivity contribution in [3.63, 3.8) is 0 Å². The maximum Gasteiger partial charge on any atom is 0.220 e. The minimum absolute atomic E-state index is 0.121. The summed E-state index contributed by atoms with van der Waals surface area (Å²) in [5.41, 5.74) is 0. The largest absolute Gasteiger partial charge is 0.355 e. The Bertz CT molecular complexity index is 175. The van der Waals surface area contributed by atoms with Crippen LogP contribution in [0.25, 0.3) is 0 Å². The third-order valence-corrected chi connectivity index (χ3v) is 2.77. The summed E-state index contributed by atoms with van der Waals surface area (Å²) in [7, 11) is 2.11. The Hall–Kier alpha value is -0.220. The van der Waals surface area contributed by atoms with Gasteiger partial charge in [-0.25, -0.2) is 0 Å². The Balaban J connectivity index is 2.14. The number of hydrogen-bond acceptors (Lipinski definition) is 3. The van der Waals surface area contributed by atoms with E-state index in [0.29, 0.717) is 18.2 Å². The van der Waals surface area contributed by atoms with Gasteiger partial charge >= 0.3 is 0 Å². The zero-order valence-corrected chi connectivity index (χ0v) is 9.02. The van der Waals surface area contributed by atoms with Gasteiger partial charge in [-0.3, -0.25) is 4.79 Å². The van der Waals surface area contributed by atoms with Crippen molar-refractivity contribution in [1.29, 1.82) is 0 Å². The van der Waals surface area contributed by atoms with E-state index in [0.717, 1.165) is 13.1 Å². The Morgan fingerprint density at radius 2 is 2.46 bits per heavy atom. The third kappa shape index (κ3) is 3.56. The third-order valence-electron chi connectivity index (χ3n) is 2.55. The highest BCUT2D eigenvalue weighted by Gasteiger charge is 2.20. The number of carbonyl (C=O) groups excluding carboxylic acids is 1. The van der Waals surface area contributed by atoms with Crippen LogP contribution in [0, 0.1) is 0 Å². The molecule has 0 aromatic carbocycles. The predicted molar refractivity (Wildman–Crippen MR) is 57.1 cm³/mol. The monoisotopic (exact) mass is 202 g/mol. The number of amides is 1. The van der Waals surface area contributed by atoms with Gasteiger partial charge in [0.15, 0.2) is 0 Å². The molecule has 1 heterocycles. The molecule has 1 fully saturated rings. The molecular formula is C9H18N2OS. The van der Waals surface area contributed by atoms with Crippen molar-refractivity contribution in [3.8, 4) is 0 Å². The van der Waals surface area contributed by atoms with E-state index in [2.05, 4.69) is 29.9 Å². The highest BCUT2D eigenvalue weighted by atomic mass is 32.1. The molecule has 1 aliphatic heterocycles. The van der Waals surface area contributed by atoms with Crippen LogP contribution in [0.1, 0.15) is 19.3 Å². The summed E-state index contributed by atoms with van der Waals surface area (Å²) in [4.78, 5) is 13.4. The number of hydrogen-bond donors (Lipinski definition) is 2. The lowest BCUT2D eigenvalue weighted by Gasteiger charge is -2.19. The van der Waals surface area contributed by atoms with E-state index in [-0.39, 0.29) is 5.91 Å². The first-order valence-corrected chi connectivity index (χ1v) is 5.45. The maximum absolute atomic E-state index is 11.1. The first-order chi connectivity index (χ1) is 6.24. The molecule has 0 spiro atoms. The standard InChI is InChI=1S/C9H18N2OS/c1-11-5-2-3-8(11)7-10-9(12)4-6-13/h8,13H,2-7H2,1H3,(H,10,12). The normalized spacial score (nSPS) is 23.4. The second kappa shape index (κ2) is 5.50. The highest BCUT2D eigenvalue weighted by molar-refractivity contribution is 7.80. The van der Waals surface area contributed by atoms with E-state index in [9.17, 15) is 4.79 Å². The smallest absolute Gasteiger partial charge is 0.220 e. The van der Waals surface area contributed by atoms with Crippen LogP contribution in [0.5, 0.6) is 0 Å². The number of nitrogens with zero attached hydrogens (tertiary/aromatic N) is 1. The van der Waals surface area contributed by atoms with Crippen LogP contribution in [-0.4, -0.2) is 42.7 Å². The van der Waals surface area contributed by atoms with Gasteiger partial charge in [-0.1, -0.05) is 0 Å². The van der Waals surface area contributed by atoms with Gasteiger partial charge in [0, 0.05) is 19.0 Å². The van der Waals surface area contributed by atoms with Crippen molar-refractivity contribution >= 4 is 18.5 Å². The maximum atomic E-state index is 11.1. The number of carbonyl (C=O) groups is 1. The van der Waals surface area contributed by atoms with E-state index >= 15 is 0 Å². The second-order valence-electron chi connectivity index (χ2n) is 3.55. The Morgan fingerprint density at radius 1 is 1.69 bits per heavy atom. The molecule has 3 nitrogen and oxygen atoms in total. The Morgan fingerprint density at radius 3 is 3.00 bits per heavy atom. The van der Waals surface area contributed by atoms with Crippen molar-refractivity contribution in [1.82, 2.24) is 10.2 Å². The van der Waals surface area contributed by atoms with Crippen molar-refractivity contribution < 1.29 is 4.79 Å². The fraction of sp³-hybridized carbons (Fsp3) is 0.889. The average Bonchev–Trinajstić information content (AvgIpc) is 2.48. The number of thiol groups is 1. The van der Waals surface area contributed by atoms with E-state index < -0.39 is 0 Å². The molecular weight excluding hydrogens is 184 g/mol. The molecule has 0 saturated carbocycles. The first-order valence-electron chi connectivity index (χ1n) is 4.82. The topological polar surface area (TPSA) is 32.3 Å². The molecule has 1 rings (SSSR count). The lowest BCUT2D eigenvalue weighted by molar-refractivity contribution is -0.120. The van der Waals surface area contributed by atoms with Crippen molar-refractivity contribution in [2.75, 3.05) is 25.9 Å². The number of rotatable bonds is 4. The van der Waals surface area contributed by atoms with Gasteiger partial charge < -0.3 is 10.2 Å². The summed E-state index contributed by atoms with van der Waals surface area (Å²) in [6.45, 7) is 1.95. The zero-order valence-electron chi connectivity index (χ0n) is 8.12. The summed E-state index contributed by atoms with van der Waals surface area (Å²) < 4.78 is 0. The molecule has 1 N–H and O–H groups in total. The van der Waals surface area contributed by atoms with Crippen LogP contribution in [-0.2, 0) is 4.79 Å². The molecule has 1 aliphatic rings. The SMILES string of the molecule is CN1CCCC1CNC(=O)CCS. The minimum atomic E-state index is 0.121. The van der Waals surface area contributed by atoms with Gasteiger partial charge in [-0.15, -0.1) is 0 Å². The minimum Gasteiger partial charge on any atom is -0.355 e. The van der Waals surface area contributed by atoms with Gasteiger partial charge in [0.2, 0.25) is 5.91 Å². The number of nitrogens with one attached hydrogen (secondary N) is 1. The van der Waals surface area contributed by atoms with Gasteiger partial charge in [0.05, 0.1) is 0 Å². The summed E-state index contributed by atoms with van der Waals surface area (Å²) >= 11 is 4.01. The second-order valence-corrected chi connectivity index (χ2v) is 4.00. The Kier molecular flexibility index (Phi) is 4.59. The molecule has 0 aliphatic carbocycles. The first kappa shape index (κ1) is 10.9. The van der Waals surface area contributed by atoms with Crippen LogP contribution in [0.2, 0.25) is 0 Å². The van der Waals surface area contributed by atoms with Crippen LogP contribution in [0.4, 0.5) is 0 Å². The van der Waals surface area contributed by atoms with Crippen LogP contribution < -0.4 is 5.32 Å². The molecule has 1 atom stereocenters. The molecule has 0 aromatic heterocycles. The number of likely N-dealkylation sites (N-methyl/N-ethyl adjacent to an activating group) is 1. The quantitative estimate of drug-likeness (QED) is 0.651. The van der Waals surface area contributed by atoms with E-state index in [4.69, 9.17) is 0 Å². The average molecular weight is 202 g/mol. The molecule has 0 radical (unpaired) electrons. The number of likely N-dealkylation sites (tertiary alicyclic amines) is 1. The lowest BCUT2D eigenvalue weighted by atomic mass is 10.2. The molecule has 13 heavy (non-hydrogen) atoms. The van der Waals surface area contributed by atoms with Crippen LogP contribution >= 0.6 is 12.6 Å². The summed E-state index contributed by atoms with van der Waals surface area (Å²) in [6, 6.07) is 0.545. The summed E-state index contributed by atoms with van der Waals surface area (Å²) in [5, 5.41) is 2.93. The molecule has 1 amide bonds. The molecule has 76 valence electrons.